The Labute approximate surface area is 115 Å². The number of nitrogens with one attached hydrogen (secondary N) is 1. The first-order valence-electron chi connectivity index (χ1n) is 7.37. The van der Waals surface area contributed by atoms with Gasteiger partial charge in [0.15, 0.2) is 0 Å². The lowest BCUT2D eigenvalue weighted by molar-refractivity contribution is 0.355. The van der Waals surface area contributed by atoms with Crippen molar-refractivity contribution in [1.82, 2.24) is 10.3 Å². The van der Waals surface area contributed by atoms with Gasteiger partial charge in [0.25, 0.3) is 0 Å². The van der Waals surface area contributed by atoms with Crippen LogP contribution in [0.1, 0.15) is 38.3 Å². The van der Waals surface area contributed by atoms with Gasteiger partial charge in [-0.15, -0.1) is 0 Å². The molecule has 1 aliphatic rings. The third-order valence-corrected chi connectivity index (χ3v) is 4.30. The number of hydrogen-bond acceptors (Lipinski definition) is 2. The van der Waals surface area contributed by atoms with Gasteiger partial charge in [-0.05, 0) is 48.9 Å². The van der Waals surface area contributed by atoms with Crippen molar-refractivity contribution >= 4 is 10.9 Å². The molecule has 2 nitrogen and oxygen atoms in total. The Hall–Kier alpha value is -1.41. The fourth-order valence-corrected chi connectivity index (χ4v) is 3.00. The maximum atomic E-state index is 4.48. The summed E-state index contributed by atoms with van der Waals surface area (Å²) in [6.07, 6.45) is 4.67. The molecule has 2 atom stereocenters. The largest absolute Gasteiger partial charge is 0.310 e. The van der Waals surface area contributed by atoms with Crippen molar-refractivity contribution in [2.75, 3.05) is 6.54 Å². The van der Waals surface area contributed by atoms with Gasteiger partial charge in [0, 0.05) is 17.6 Å². The molecule has 2 heteroatoms. The number of hydrogen-bond donors (Lipinski definition) is 1. The van der Waals surface area contributed by atoms with Crippen molar-refractivity contribution in [2.45, 2.75) is 32.7 Å². The van der Waals surface area contributed by atoms with Crippen LogP contribution in [0.25, 0.3) is 10.9 Å². The Balaban J connectivity index is 1.94. The lowest BCUT2D eigenvalue weighted by Crippen LogP contribution is -2.27. The van der Waals surface area contributed by atoms with Crippen LogP contribution >= 0.6 is 0 Å². The molecule has 0 bridgehead atoms. The predicted molar refractivity (Wildman–Crippen MR) is 80.0 cm³/mol. The number of benzene rings is 1. The van der Waals surface area contributed by atoms with Gasteiger partial charge >= 0.3 is 0 Å². The van der Waals surface area contributed by atoms with Crippen LogP contribution in [0, 0.1) is 11.8 Å². The maximum absolute atomic E-state index is 4.48. The van der Waals surface area contributed by atoms with Crippen LogP contribution in [0.4, 0.5) is 0 Å². The van der Waals surface area contributed by atoms with Crippen LogP contribution in [0.2, 0.25) is 0 Å². The third-order valence-electron chi connectivity index (χ3n) is 4.30. The highest BCUT2D eigenvalue weighted by molar-refractivity contribution is 5.79. The summed E-state index contributed by atoms with van der Waals surface area (Å²) in [5.41, 5.74) is 2.48. The highest BCUT2D eigenvalue weighted by atomic mass is 14.9. The number of fused-ring (bicyclic) bond motifs is 1. The van der Waals surface area contributed by atoms with E-state index in [9.17, 15) is 0 Å². The van der Waals surface area contributed by atoms with E-state index in [4.69, 9.17) is 0 Å². The van der Waals surface area contributed by atoms with E-state index in [1.54, 1.807) is 0 Å². The topological polar surface area (TPSA) is 24.9 Å². The lowest BCUT2D eigenvalue weighted by Gasteiger charge is -2.25. The molecule has 1 saturated carbocycles. The number of aromatic nitrogens is 1. The first kappa shape index (κ1) is 12.6. The molecule has 19 heavy (non-hydrogen) atoms. The highest BCUT2D eigenvalue weighted by Crippen LogP contribution is 2.42. The molecule has 0 aliphatic heterocycles. The minimum Gasteiger partial charge on any atom is -0.310 e. The van der Waals surface area contributed by atoms with Crippen LogP contribution in [-0.2, 0) is 0 Å². The summed E-state index contributed by atoms with van der Waals surface area (Å²) in [7, 11) is 0. The summed E-state index contributed by atoms with van der Waals surface area (Å²) in [6, 6.07) is 11.3. The zero-order valence-electron chi connectivity index (χ0n) is 11.8. The Morgan fingerprint density at radius 2 is 2.16 bits per heavy atom. The molecule has 2 unspecified atom stereocenters. The van der Waals surface area contributed by atoms with Crippen molar-refractivity contribution in [3.8, 4) is 0 Å². The van der Waals surface area contributed by atoms with Crippen molar-refractivity contribution in [2.24, 2.45) is 11.8 Å². The molecule has 3 rings (SSSR count). The molecular weight excluding hydrogens is 232 g/mol. The lowest BCUT2D eigenvalue weighted by atomic mass is 9.90. The average Bonchev–Trinajstić information content (AvgIpc) is 3.28. The summed E-state index contributed by atoms with van der Waals surface area (Å²) >= 11 is 0. The van der Waals surface area contributed by atoms with Crippen molar-refractivity contribution in [3.63, 3.8) is 0 Å². The van der Waals surface area contributed by atoms with Gasteiger partial charge in [-0.3, -0.25) is 4.98 Å². The zero-order chi connectivity index (χ0) is 13.2. The molecule has 0 amide bonds. The normalized spacial score (nSPS) is 18.4. The minimum atomic E-state index is 0.462. The standard InChI is InChI=1S/C17H22N2/c1-3-18-17(12(2)13-6-7-13)15-9-8-14-5-4-10-19-16(14)11-15/h4-5,8-13,17-18H,3,6-7H2,1-2H3. The molecule has 1 N–H and O–H groups in total. The Bertz CT molecular complexity index is 560. The number of nitrogens with zero attached hydrogens (tertiary/aromatic N) is 1. The van der Waals surface area contributed by atoms with Crippen molar-refractivity contribution in [3.05, 3.63) is 42.1 Å². The Morgan fingerprint density at radius 3 is 2.89 bits per heavy atom. The second kappa shape index (κ2) is 5.30. The van der Waals surface area contributed by atoms with E-state index < -0.39 is 0 Å². The average molecular weight is 254 g/mol. The first-order valence-corrected chi connectivity index (χ1v) is 7.37. The van der Waals surface area contributed by atoms with Gasteiger partial charge in [-0.25, -0.2) is 0 Å². The van der Waals surface area contributed by atoms with E-state index in [0.29, 0.717) is 12.0 Å². The summed E-state index contributed by atoms with van der Waals surface area (Å²) < 4.78 is 0. The van der Waals surface area contributed by atoms with E-state index in [2.05, 4.69) is 48.4 Å². The Morgan fingerprint density at radius 1 is 1.32 bits per heavy atom. The Kier molecular flexibility index (Phi) is 3.52. The van der Waals surface area contributed by atoms with E-state index in [-0.39, 0.29) is 0 Å². The number of rotatable bonds is 5. The van der Waals surface area contributed by atoms with Gasteiger partial charge < -0.3 is 5.32 Å². The van der Waals surface area contributed by atoms with Crippen LogP contribution in [0.5, 0.6) is 0 Å². The fourth-order valence-electron chi connectivity index (χ4n) is 3.00. The molecular formula is C17H22N2. The number of pyridine rings is 1. The van der Waals surface area contributed by atoms with Crippen LogP contribution < -0.4 is 5.32 Å². The van der Waals surface area contributed by atoms with E-state index in [1.807, 2.05) is 12.3 Å². The minimum absolute atomic E-state index is 0.462. The van der Waals surface area contributed by atoms with Gasteiger partial charge in [0.2, 0.25) is 0 Å². The summed E-state index contributed by atoms with van der Waals surface area (Å²) in [5, 5.41) is 4.88. The molecule has 1 aromatic carbocycles. The second-order valence-electron chi connectivity index (χ2n) is 5.69. The molecule has 2 aromatic rings. The van der Waals surface area contributed by atoms with Gasteiger partial charge in [-0.1, -0.05) is 32.0 Å². The van der Waals surface area contributed by atoms with Gasteiger partial charge in [0.05, 0.1) is 5.52 Å². The molecule has 1 aliphatic carbocycles. The second-order valence-corrected chi connectivity index (χ2v) is 5.69. The molecule has 0 radical (unpaired) electrons. The highest BCUT2D eigenvalue weighted by Gasteiger charge is 2.33. The van der Waals surface area contributed by atoms with E-state index >= 15 is 0 Å². The predicted octanol–water partition coefficient (Wildman–Crippen LogP) is 3.93. The zero-order valence-corrected chi connectivity index (χ0v) is 11.8. The summed E-state index contributed by atoms with van der Waals surface area (Å²) in [5.74, 6) is 1.62. The maximum Gasteiger partial charge on any atom is 0.0705 e. The summed E-state index contributed by atoms with van der Waals surface area (Å²) in [6.45, 7) is 5.58. The van der Waals surface area contributed by atoms with Gasteiger partial charge in [0.1, 0.15) is 0 Å². The molecule has 1 aromatic heterocycles. The molecule has 1 fully saturated rings. The smallest absolute Gasteiger partial charge is 0.0705 e. The van der Waals surface area contributed by atoms with Crippen LogP contribution in [0.3, 0.4) is 0 Å². The van der Waals surface area contributed by atoms with Crippen LogP contribution in [0.15, 0.2) is 36.5 Å². The summed E-state index contributed by atoms with van der Waals surface area (Å²) in [4.78, 5) is 4.48. The van der Waals surface area contributed by atoms with Crippen LogP contribution in [-0.4, -0.2) is 11.5 Å². The molecule has 1 heterocycles. The third kappa shape index (κ3) is 2.64. The first-order chi connectivity index (χ1) is 9.29. The van der Waals surface area contributed by atoms with Crippen molar-refractivity contribution in [1.29, 1.82) is 0 Å². The quantitative estimate of drug-likeness (QED) is 0.874. The molecule has 100 valence electrons. The monoisotopic (exact) mass is 254 g/mol. The molecule has 0 spiro atoms. The molecule has 0 saturated heterocycles. The SMILES string of the molecule is CCNC(c1ccc2cccnc2c1)C(C)C1CC1. The van der Waals surface area contributed by atoms with E-state index in [1.165, 1.54) is 23.8 Å². The fraction of sp³-hybridized carbons (Fsp3) is 0.471. The van der Waals surface area contributed by atoms with Gasteiger partial charge in [-0.2, -0.15) is 0 Å². The van der Waals surface area contributed by atoms with Crippen molar-refractivity contribution < 1.29 is 0 Å². The van der Waals surface area contributed by atoms with E-state index in [0.717, 1.165) is 18.0 Å².